The van der Waals surface area contributed by atoms with Gasteiger partial charge in [0.2, 0.25) is 0 Å². The van der Waals surface area contributed by atoms with Crippen LogP contribution in [0.3, 0.4) is 0 Å². The molecule has 1 saturated heterocycles. The third-order valence-corrected chi connectivity index (χ3v) is 4.87. The molecule has 7 nitrogen and oxygen atoms in total. The van der Waals surface area contributed by atoms with Gasteiger partial charge in [-0.1, -0.05) is 0 Å². The van der Waals surface area contributed by atoms with Gasteiger partial charge in [0.15, 0.2) is 5.82 Å². The first kappa shape index (κ1) is 15.1. The third kappa shape index (κ3) is 2.99. The van der Waals surface area contributed by atoms with E-state index in [-0.39, 0.29) is 23.3 Å². The fraction of sp³-hybridized carbons (Fsp3) is 0.471. The van der Waals surface area contributed by atoms with Gasteiger partial charge in [-0.3, -0.25) is 4.79 Å². The number of amides is 1. The van der Waals surface area contributed by atoms with Crippen LogP contribution < -0.4 is 5.32 Å². The number of likely N-dealkylation sites (tertiary alicyclic amines) is 1. The normalized spacial score (nSPS) is 19.5. The van der Waals surface area contributed by atoms with Crippen molar-refractivity contribution in [1.29, 1.82) is 0 Å². The Morgan fingerprint density at radius 3 is 2.62 bits per heavy atom. The second-order valence-corrected chi connectivity index (χ2v) is 6.64. The average molecular weight is 328 g/mol. The molecule has 2 fully saturated rings. The lowest BCUT2D eigenvalue weighted by Crippen LogP contribution is -2.45. The number of hydrogen-bond donors (Lipinski definition) is 3. The van der Waals surface area contributed by atoms with Crippen LogP contribution in [0.1, 0.15) is 46.7 Å². The van der Waals surface area contributed by atoms with E-state index in [1.165, 1.54) is 25.0 Å². The SMILES string of the molecule is O=C(O)c1ccc2nc(C(=O)NC3CCN(C4CC4)CC3)[nH]c2c1. The number of fused-ring (bicyclic) bond motifs is 1. The molecule has 1 aliphatic carbocycles. The summed E-state index contributed by atoms with van der Waals surface area (Å²) in [5.74, 6) is -0.995. The molecule has 7 heteroatoms. The first-order valence-electron chi connectivity index (χ1n) is 8.38. The predicted molar refractivity (Wildman–Crippen MR) is 88.1 cm³/mol. The molecule has 2 heterocycles. The molecule has 0 spiro atoms. The molecular formula is C17H20N4O3. The summed E-state index contributed by atoms with van der Waals surface area (Å²) in [6, 6.07) is 5.55. The van der Waals surface area contributed by atoms with Crippen molar-refractivity contribution in [2.45, 2.75) is 37.8 Å². The summed E-state index contributed by atoms with van der Waals surface area (Å²) in [5.41, 5.74) is 1.32. The van der Waals surface area contributed by atoms with E-state index in [9.17, 15) is 9.59 Å². The predicted octanol–water partition coefficient (Wildman–Crippen LogP) is 1.62. The zero-order chi connectivity index (χ0) is 16.7. The highest BCUT2D eigenvalue weighted by atomic mass is 16.4. The molecule has 1 saturated carbocycles. The molecule has 2 aliphatic rings. The van der Waals surface area contributed by atoms with Gasteiger partial charge < -0.3 is 20.3 Å². The highest BCUT2D eigenvalue weighted by molar-refractivity contribution is 5.96. The van der Waals surface area contributed by atoms with Crippen molar-refractivity contribution in [2.75, 3.05) is 13.1 Å². The van der Waals surface area contributed by atoms with Crippen LogP contribution in [0.15, 0.2) is 18.2 Å². The topological polar surface area (TPSA) is 98.3 Å². The summed E-state index contributed by atoms with van der Waals surface area (Å²) in [6.07, 6.45) is 4.56. The number of hydrogen-bond acceptors (Lipinski definition) is 4. The Morgan fingerprint density at radius 2 is 1.96 bits per heavy atom. The maximum atomic E-state index is 12.4. The van der Waals surface area contributed by atoms with E-state index in [1.54, 1.807) is 6.07 Å². The fourth-order valence-corrected chi connectivity index (χ4v) is 3.35. The van der Waals surface area contributed by atoms with Crippen molar-refractivity contribution in [2.24, 2.45) is 0 Å². The second-order valence-electron chi connectivity index (χ2n) is 6.64. The maximum absolute atomic E-state index is 12.4. The molecule has 0 atom stereocenters. The van der Waals surface area contributed by atoms with Gasteiger partial charge in [-0.15, -0.1) is 0 Å². The first-order chi connectivity index (χ1) is 11.6. The second kappa shape index (κ2) is 5.90. The maximum Gasteiger partial charge on any atom is 0.335 e. The van der Waals surface area contributed by atoms with E-state index < -0.39 is 5.97 Å². The van der Waals surface area contributed by atoms with Crippen molar-refractivity contribution < 1.29 is 14.7 Å². The Hall–Kier alpha value is -2.41. The monoisotopic (exact) mass is 328 g/mol. The molecule has 126 valence electrons. The molecule has 0 bridgehead atoms. The van der Waals surface area contributed by atoms with Crippen molar-refractivity contribution in [3.05, 3.63) is 29.6 Å². The fourth-order valence-electron chi connectivity index (χ4n) is 3.35. The summed E-state index contributed by atoms with van der Waals surface area (Å²) in [5, 5.41) is 12.1. The molecule has 1 aliphatic heterocycles. The number of piperidine rings is 1. The number of aromatic carboxylic acids is 1. The van der Waals surface area contributed by atoms with Gasteiger partial charge >= 0.3 is 5.97 Å². The number of H-pyrrole nitrogens is 1. The molecule has 3 N–H and O–H groups in total. The Bertz CT molecular complexity index is 788. The summed E-state index contributed by atoms with van der Waals surface area (Å²) in [7, 11) is 0. The zero-order valence-electron chi connectivity index (χ0n) is 13.3. The van der Waals surface area contributed by atoms with Crippen molar-refractivity contribution in [3.63, 3.8) is 0 Å². The average Bonchev–Trinajstić information content (AvgIpc) is 3.33. The van der Waals surface area contributed by atoms with Gasteiger partial charge in [0.05, 0.1) is 16.6 Å². The van der Waals surface area contributed by atoms with Gasteiger partial charge in [0, 0.05) is 25.2 Å². The van der Waals surface area contributed by atoms with E-state index in [0.29, 0.717) is 11.0 Å². The van der Waals surface area contributed by atoms with Gasteiger partial charge in [-0.2, -0.15) is 0 Å². The van der Waals surface area contributed by atoms with E-state index in [4.69, 9.17) is 5.11 Å². The number of aromatic amines is 1. The molecule has 1 aromatic heterocycles. The molecule has 0 unspecified atom stereocenters. The number of carboxylic acid groups (broad SMARTS) is 1. The van der Waals surface area contributed by atoms with E-state index in [0.717, 1.165) is 32.0 Å². The van der Waals surface area contributed by atoms with Crippen LogP contribution >= 0.6 is 0 Å². The third-order valence-electron chi connectivity index (χ3n) is 4.87. The van der Waals surface area contributed by atoms with Crippen LogP contribution in [-0.2, 0) is 0 Å². The largest absolute Gasteiger partial charge is 0.478 e. The number of nitrogens with zero attached hydrogens (tertiary/aromatic N) is 2. The van der Waals surface area contributed by atoms with E-state index in [1.807, 2.05) is 0 Å². The number of rotatable bonds is 4. The molecule has 24 heavy (non-hydrogen) atoms. The molecular weight excluding hydrogens is 308 g/mol. The summed E-state index contributed by atoms with van der Waals surface area (Å²) in [6.45, 7) is 2.08. The van der Waals surface area contributed by atoms with Crippen LogP contribution in [0.4, 0.5) is 0 Å². The number of nitrogens with one attached hydrogen (secondary N) is 2. The van der Waals surface area contributed by atoms with Crippen molar-refractivity contribution in [1.82, 2.24) is 20.2 Å². The van der Waals surface area contributed by atoms with Crippen LogP contribution in [0.2, 0.25) is 0 Å². The lowest BCUT2D eigenvalue weighted by molar-refractivity contribution is 0.0696. The minimum absolute atomic E-state index is 0.172. The van der Waals surface area contributed by atoms with Gasteiger partial charge in [0.25, 0.3) is 5.91 Å². The lowest BCUT2D eigenvalue weighted by atomic mass is 10.0. The van der Waals surface area contributed by atoms with Crippen LogP contribution in [0, 0.1) is 0 Å². The zero-order valence-corrected chi connectivity index (χ0v) is 13.3. The first-order valence-corrected chi connectivity index (χ1v) is 8.38. The number of carboxylic acids is 1. The van der Waals surface area contributed by atoms with Crippen LogP contribution in [0.25, 0.3) is 11.0 Å². The Kier molecular flexibility index (Phi) is 3.72. The van der Waals surface area contributed by atoms with Crippen molar-refractivity contribution >= 4 is 22.9 Å². The summed E-state index contributed by atoms with van der Waals surface area (Å²) < 4.78 is 0. The van der Waals surface area contributed by atoms with Crippen LogP contribution in [-0.4, -0.2) is 57.0 Å². The minimum atomic E-state index is -1.00. The molecule has 4 rings (SSSR count). The molecule has 0 radical (unpaired) electrons. The number of carbonyl (C=O) groups is 2. The van der Waals surface area contributed by atoms with Crippen LogP contribution in [0.5, 0.6) is 0 Å². The number of benzene rings is 1. The Labute approximate surface area is 139 Å². The molecule has 2 aromatic rings. The lowest BCUT2D eigenvalue weighted by Gasteiger charge is -2.32. The highest BCUT2D eigenvalue weighted by Crippen LogP contribution is 2.29. The van der Waals surface area contributed by atoms with Gasteiger partial charge in [-0.25, -0.2) is 9.78 Å². The highest BCUT2D eigenvalue weighted by Gasteiger charge is 2.32. The molecule has 1 amide bonds. The number of carbonyl (C=O) groups excluding carboxylic acids is 1. The van der Waals surface area contributed by atoms with Gasteiger partial charge in [0.1, 0.15) is 0 Å². The molecule has 1 aromatic carbocycles. The summed E-state index contributed by atoms with van der Waals surface area (Å²) in [4.78, 5) is 33.1. The Morgan fingerprint density at radius 1 is 1.21 bits per heavy atom. The standard InChI is InChI=1S/C17H20N4O3/c22-16(18-11-5-7-21(8-6-11)12-2-3-12)15-19-13-4-1-10(17(23)24)9-14(13)20-15/h1,4,9,11-12H,2-3,5-8H2,(H,18,22)(H,19,20)(H,23,24). The van der Waals surface area contributed by atoms with E-state index >= 15 is 0 Å². The van der Waals surface area contributed by atoms with E-state index in [2.05, 4.69) is 20.2 Å². The quantitative estimate of drug-likeness (QED) is 0.792. The Balaban J connectivity index is 1.42. The van der Waals surface area contributed by atoms with Crippen molar-refractivity contribution in [3.8, 4) is 0 Å². The van der Waals surface area contributed by atoms with Gasteiger partial charge in [-0.05, 0) is 43.9 Å². The summed E-state index contributed by atoms with van der Waals surface area (Å²) >= 11 is 0. The number of aromatic nitrogens is 2. The number of imidazole rings is 1. The smallest absolute Gasteiger partial charge is 0.335 e. The minimum Gasteiger partial charge on any atom is -0.478 e.